The van der Waals surface area contributed by atoms with Gasteiger partial charge in [0.15, 0.2) is 0 Å². The maximum absolute atomic E-state index is 12.2. The van der Waals surface area contributed by atoms with E-state index in [9.17, 15) is 13.2 Å². The minimum absolute atomic E-state index is 0.126. The number of amides is 2. The van der Waals surface area contributed by atoms with Gasteiger partial charge in [0, 0.05) is 30.9 Å². The van der Waals surface area contributed by atoms with E-state index in [2.05, 4.69) is 20.6 Å². The molecule has 0 radical (unpaired) electrons. The van der Waals surface area contributed by atoms with Crippen molar-refractivity contribution in [3.63, 3.8) is 0 Å². The van der Waals surface area contributed by atoms with Crippen LogP contribution >= 0.6 is 0 Å². The molecule has 1 aromatic heterocycles. The first-order chi connectivity index (χ1) is 12.4. The molecule has 0 bridgehead atoms. The summed E-state index contributed by atoms with van der Waals surface area (Å²) in [6, 6.07) is 7.16. The van der Waals surface area contributed by atoms with Crippen LogP contribution in [-0.4, -0.2) is 54.6 Å². The highest BCUT2D eigenvalue weighted by Gasteiger charge is 2.25. The molecule has 3 N–H and O–H groups in total. The molecule has 2 amide bonds. The molecular formula is C17H23N5O3S. The highest BCUT2D eigenvalue weighted by atomic mass is 32.2. The van der Waals surface area contributed by atoms with Crippen LogP contribution < -0.4 is 10.6 Å². The molecule has 1 aliphatic rings. The standard InChI is InChI=1S/C17H23N5O3S/c1-26(24,25)22-7-3-4-13(11-22)9-19-17(23)21-15-6-2-5-14(8-15)16-10-18-12-20-16/h2,5-6,8,10,12-13H,3-4,7,9,11H2,1H3,(H,18,20)(H2,19,21,23)/t13-/m1/s1. The van der Waals surface area contributed by atoms with Crippen molar-refractivity contribution >= 4 is 21.7 Å². The van der Waals surface area contributed by atoms with Crippen molar-refractivity contribution < 1.29 is 13.2 Å². The van der Waals surface area contributed by atoms with Crippen molar-refractivity contribution in [3.05, 3.63) is 36.8 Å². The third-order valence-electron chi connectivity index (χ3n) is 4.43. The van der Waals surface area contributed by atoms with Crippen molar-refractivity contribution in [1.82, 2.24) is 19.6 Å². The molecular weight excluding hydrogens is 354 g/mol. The van der Waals surface area contributed by atoms with Crippen LogP contribution in [-0.2, 0) is 10.0 Å². The fraction of sp³-hybridized carbons (Fsp3) is 0.412. The number of carbonyl (C=O) groups excluding carboxylic acids is 1. The first kappa shape index (κ1) is 18.4. The zero-order valence-electron chi connectivity index (χ0n) is 14.6. The Morgan fingerprint density at radius 2 is 2.27 bits per heavy atom. The summed E-state index contributed by atoms with van der Waals surface area (Å²) in [5.74, 6) is 0.126. The smallest absolute Gasteiger partial charge is 0.319 e. The largest absolute Gasteiger partial charge is 0.345 e. The normalized spacial score (nSPS) is 18.4. The molecule has 0 aliphatic carbocycles. The van der Waals surface area contributed by atoms with Gasteiger partial charge in [-0.3, -0.25) is 0 Å². The minimum Gasteiger partial charge on any atom is -0.345 e. The van der Waals surface area contributed by atoms with E-state index < -0.39 is 10.0 Å². The van der Waals surface area contributed by atoms with Gasteiger partial charge in [0.25, 0.3) is 0 Å². The van der Waals surface area contributed by atoms with E-state index in [4.69, 9.17) is 0 Å². The maximum atomic E-state index is 12.2. The third kappa shape index (κ3) is 4.83. The lowest BCUT2D eigenvalue weighted by atomic mass is 10.00. The maximum Gasteiger partial charge on any atom is 0.319 e. The molecule has 8 nitrogen and oxygen atoms in total. The molecule has 140 valence electrons. The van der Waals surface area contributed by atoms with Gasteiger partial charge in [-0.25, -0.2) is 22.5 Å². The fourth-order valence-electron chi connectivity index (χ4n) is 3.09. The number of benzene rings is 1. The molecule has 1 aliphatic heterocycles. The molecule has 1 atom stereocenters. The number of nitrogens with zero attached hydrogens (tertiary/aromatic N) is 2. The molecule has 0 saturated carbocycles. The Morgan fingerprint density at radius 1 is 1.42 bits per heavy atom. The zero-order chi connectivity index (χ0) is 18.6. The predicted octanol–water partition coefficient (Wildman–Crippen LogP) is 1.87. The number of imidazole rings is 1. The Morgan fingerprint density at radius 3 is 3.00 bits per heavy atom. The van der Waals surface area contributed by atoms with Gasteiger partial charge in [-0.2, -0.15) is 0 Å². The summed E-state index contributed by atoms with van der Waals surface area (Å²) in [4.78, 5) is 19.2. The average molecular weight is 377 g/mol. The number of carbonyl (C=O) groups is 1. The second kappa shape index (κ2) is 7.88. The number of sulfonamides is 1. The number of nitrogens with one attached hydrogen (secondary N) is 3. The van der Waals surface area contributed by atoms with Gasteiger partial charge in [0.2, 0.25) is 10.0 Å². The van der Waals surface area contributed by atoms with Crippen molar-refractivity contribution in [3.8, 4) is 11.3 Å². The van der Waals surface area contributed by atoms with Crippen LogP contribution in [0.15, 0.2) is 36.8 Å². The number of urea groups is 1. The average Bonchev–Trinajstić information content (AvgIpc) is 3.14. The second-order valence-electron chi connectivity index (χ2n) is 6.51. The summed E-state index contributed by atoms with van der Waals surface area (Å²) in [6.45, 7) is 1.45. The molecule has 1 fully saturated rings. The van der Waals surface area contributed by atoms with E-state index in [1.165, 1.54) is 10.6 Å². The van der Waals surface area contributed by atoms with Crippen molar-refractivity contribution in [2.75, 3.05) is 31.2 Å². The van der Waals surface area contributed by atoms with Crippen LogP contribution in [0.2, 0.25) is 0 Å². The number of aromatic nitrogens is 2. The van der Waals surface area contributed by atoms with Crippen LogP contribution in [0, 0.1) is 5.92 Å². The SMILES string of the molecule is CS(=O)(=O)N1CCC[C@H](CNC(=O)Nc2cccc(-c3cnc[nH]3)c2)C1. The summed E-state index contributed by atoms with van der Waals surface area (Å²) < 4.78 is 24.8. The molecule has 3 rings (SSSR count). The third-order valence-corrected chi connectivity index (χ3v) is 5.70. The number of rotatable bonds is 5. The monoisotopic (exact) mass is 377 g/mol. The Hall–Kier alpha value is -2.39. The lowest BCUT2D eigenvalue weighted by Crippen LogP contribution is -2.43. The molecule has 1 aromatic carbocycles. The van der Waals surface area contributed by atoms with Crippen LogP contribution in [0.3, 0.4) is 0 Å². The van der Waals surface area contributed by atoms with E-state index in [-0.39, 0.29) is 11.9 Å². The molecule has 0 spiro atoms. The van der Waals surface area contributed by atoms with Gasteiger partial charge in [-0.1, -0.05) is 12.1 Å². The summed E-state index contributed by atoms with van der Waals surface area (Å²) >= 11 is 0. The molecule has 2 heterocycles. The minimum atomic E-state index is -3.18. The number of hydrogen-bond donors (Lipinski definition) is 3. The first-order valence-electron chi connectivity index (χ1n) is 8.50. The Bertz CT molecular complexity index is 851. The second-order valence-corrected chi connectivity index (χ2v) is 8.49. The van der Waals surface area contributed by atoms with E-state index in [0.29, 0.717) is 25.3 Å². The lowest BCUT2D eigenvalue weighted by Gasteiger charge is -2.30. The summed E-state index contributed by atoms with van der Waals surface area (Å²) in [7, 11) is -3.18. The van der Waals surface area contributed by atoms with Crippen LogP contribution in [0.25, 0.3) is 11.3 Å². The predicted molar refractivity (Wildman–Crippen MR) is 100 cm³/mol. The van der Waals surface area contributed by atoms with E-state index in [0.717, 1.165) is 24.1 Å². The molecule has 2 aromatic rings. The van der Waals surface area contributed by atoms with Gasteiger partial charge < -0.3 is 15.6 Å². The zero-order valence-corrected chi connectivity index (χ0v) is 15.4. The molecule has 0 unspecified atom stereocenters. The van der Waals surface area contributed by atoms with Gasteiger partial charge >= 0.3 is 6.03 Å². The fourth-order valence-corrected chi connectivity index (χ4v) is 4.03. The Balaban J connectivity index is 1.52. The van der Waals surface area contributed by atoms with Crippen LogP contribution in [0.5, 0.6) is 0 Å². The summed E-state index contributed by atoms with van der Waals surface area (Å²) in [5.41, 5.74) is 2.48. The highest BCUT2D eigenvalue weighted by Crippen LogP contribution is 2.20. The van der Waals surface area contributed by atoms with E-state index in [1.807, 2.05) is 24.3 Å². The number of H-pyrrole nitrogens is 1. The van der Waals surface area contributed by atoms with Gasteiger partial charge in [0.1, 0.15) is 0 Å². The van der Waals surface area contributed by atoms with Gasteiger partial charge in [-0.15, -0.1) is 0 Å². The van der Waals surface area contributed by atoms with Crippen LogP contribution in [0.1, 0.15) is 12.8 Å². The number of hydrogen-bond acceptors (Lipinski definition) is 4. The molecule has 1 saturated heterocycles. The summed E-state index contributed by atoms with van der Waals surface area (Å²) in [5, 5.41) is 5.64. The van der Waals surface area contributed by atoms with Gasteiger partial charge in [0.05, 0.1) is 24.5 Å². The quantitative estimate of drug-likeness (QED) is 0.739. The van der Waals surface area contributed by atoms with Crippen molar-refractivity contribution in [1.29, 1.82) is 0 Å². The van der Waals surface area contributed by atoms with Crippen LogP contribution in [0.4, 0.5) is 10.5 Å². The highest BCUT2D eigenvalue weighted by molar-refractivity contribution is 7.88. The number of aromatic amines is 1. The van der Waals surface area contributed by atoms with E-state index >= 15 is 0 Å². The summed E-state index contributed by atoms with van der Waals surface area (Å²) in [6.07, 6.45) is 6.26. The molecule has 9 heteroatoms. The number of piperidine rings is 1. The van der Waals surface area contributed by atoms with Crippen molar-refractivity contribution in [2.24, 2.45) is 5.92 Å². The Labute approximate surface area is 153 Å². The topological polar surface area (TPSA) is 107 Å². The number of anilines is 1. The lowest BCUT2D eigenvalue weighted by molar-refractivity contribution is 0.239. The van der Waals surface area contributed by atoms with Gasteiger partial charge in [-0.05, 0) is 30.9 Å². The molecule has 26 heavy (non-hydrogen) atoms. The van der Waals surface area contributed by atoms with E-state index in [1.54, 1.807) is 12.5 Å². The Kier molecular flexibility index (Phi) is 5.58. The van der Waals surface area contributed by atoms with Crippen molar-refractivity contribution in [2.45, 2.75) is 12.8 Å². The first-order valence-corrected chi connectivity index (χ1v) is 10.4.